The molecule has 0 N–H and O–H groups in total. The third kappa shape index (κ3) is 8.46. The first-order chi connectivity index (χ1) is 20.9. The third-order valence-corrected chi connectivity index (χ3v) is 7.50. The molecule has 0 aliphatic carbocycles. The fraction of sp³-hybridized carbons (Fsp3) is 0.250. The van der Waals surface area contributed by atoms with Gasteiger partial charge in [0.2, 0.25) is 28.5 Å². The number of rotatable bonds is 13. The van der Waals surface area contributed by atoms with E-state index in [1.807, 2.05) is 12.5 Å². The number of thioether (sulfide) groups is 2. The van der Waals surface area contributed by atoms with Crippen LogP contribution in [0.3, 0.4) is 0 Å². The van der Waals surface area contributed by atoms with Crippen molar-refractivity contribution in [1.29, 1.82) is 0 Å². The molecule has 0 saturated heterocycles. The monoisotopic (exact) mass is 644 g/mol. The van der Waals surface area contributed by atoms with Crippen LogP contribution in [0.15, 0.2) is 78.3 Å². The minimum absolute atomic E-state index is 0.00578. The molecule has 5 rings (SSSR count). The summed E-state index contributed by atoms with van der Waals surface area (Å²) >= 11 is 3.87. The predicted molar refractivity (Wildman–Crippen MR) is 163 cm³/mol. The van der Waals surface area contributed by atoms with Gasteiger partial charge in [-0.2, -0.15) is 19.6 Å². The Bertz CT molecular complexity index is 1680. The Hall–Kier alpha value is -4.62. The van der Waals surface area contributed by atoms with Crippen molar-refractivity contribution in [3.63, 3.8) is 0 Å². The van der Waals surface area contributed by atoms with Gasteiger partial charge in [0.15, 0.2) is 11.5 Å². The molecule has 0 atom stereocenters. The largest absolute Gasteiger partial charge is 0.461 e. The molecule has 5 aromatic rings. The number of hydrogen-bond acceptors (Lipinski definition) is 15. The molecule has 0 bridgehead atoms. The van der Waals surface area contributed by atoms with E-state index >= 15 is 0 Å². The van der Waals surface area contributed by atoms with Crippen molar-refractivity contribution in [2.75, 3.05) is 19.1 Å². The van der Waals surface area contributed by atoms with Gasteiger partial charge in [0, 0.05) is 23.6 Å². The van der Waals surface area contributed by atoms with Gasteiger partial charge in [0.25, 0.3) is 0 Å². The summed E-state index contributed by atoms with van der Waals surface area (Å²) in [5, 5.41) is 47.1. The fourth-order valence-corrected chi connectivity index (χ4v) is 4.90. The SMILES string of the molecule is CSc1nnc(-c2ccco2)n1/N=C\CCCC[N+](=O)[O-].CSc1nnc(-c2ccco2)n1/N=C\c1ccc([N+](=O)[O-])s1. The van der Waals surface area contributed by atoms with Crippen LogP contribution in [-0.2, 0) is 0 Å². The summed E-state index contributed by atoms with van der Waals surface area (Å²) in [6, 6.07) is 10.2. The zero-order valence-corrected chi connectivity index (χ0v) is 25.2. The van der Waals surface area contributed by atoms with Gasteiger partial charge in [0.05, 0.1) is 28.5 Å². The van der Waals surface area contributed by atoms with Gasteiger partial charge in [0.1, 0.15) is 0 Å². The molecular formula is C24H24N10O6S3. The van der Waals surface area contributed by atoms with E-state index in [2.05, 4.69) is 30.6 Å². The molecule has 0 unspecified atom stereocenters. The number of thiophene rings is 1. The summed E-state index contributed by atoms with van der Waals surface area (Å²) in [6.45, 7) is -0.00578. The average molecular weight is 645 g/mol. The van der Waals surface area contributed by atoms with Crippen molar-refractivity contribution in [3.05, 3.63) is 74.0 Å². The highest BCUT2D eigenvalue weighted by atomic mass is 32.2. The summed E-state index contributed by atoms with van der Waals surface area (Å²) in [5.74, 6) is 2.14. The Morgan fingerprint density at radius 1 is 0.884 bits per heavy atom. The fourth-order valence-electron chi connectivity index (χ4n) is 3.35. The number of unbranched alkanes of at least 4 members (excludes halogenated alkanes) is 2. The maximum absolute atomic E-state index is 10.7. The number of hydrogen-bond donors (Lipinski definition) is 0. The van der Waals surface area contributed by atoms with Gasteiger partial charge in [-0.05, 0) is 55.7 Å². The molecule has 0 fully saturated rings. The second kappa shape index (κ2) is 15.6. The Labute approximate surface area is 256 Å². The molecule has 224 valence electrons. The normalized spacial score (nSPS) is 11.3. The lowest BCUT2D eigenvalue weighted by atomic mass is 10.2. The predicted octanol–water partition coefficient (Wildman–Crippen LogP) is 5.65. The van der Waals surface area contributed by atoms with E-state index in [1.54, 1.807) is 53.7 Å². The molecule has 5 heterocycles. The molecule has 0 saturated carbocycles. The smallest absolute Gasteiger partial charge is 0.324 e. The molecule has 19 heteroatoms. The number of furan rings is 2. The molecule has 0 spiro atoms. The highest BCUT2D eigenvalue weighted by Gasteiger charge is 2.16. The van der Waals surface area contributed by atoms with Crippen LogP contribution in [0.2, 0.25) is 0 Å². The molecule has 16 nitrogen and oxygen atoms in total. The lowest BCUT2D eigenvalue weighted by Gasteiger charge is -2.00. The van der Waals surface area contributed by atoms with Gasteiger partial charge in [-0.15, -0.1) is 20.4 Å². The van der Waals surface area contributed by atoms with Gasteiger partial charge in [-0.3, -0.25) is 20.2 Å². The van der Waals surface area contributed by atoms with Crippen LogP contribution in [0.25, 0.3) is 23.2 Å². The standard InChI is InChI=1S/C12H9N5O3S2.C12H15N5O3S/c1-21-12-15-14-11(9-3-2-6-20-9)16(12)13-7-8-4-5-10(22-8)17(18)19;1-21-12-15-14-11(10-6-5-9-20-10)17(12)13-7-3-2-4-8-16(18)19/h2-7H,1H3;5-7,9H,2-4,8H2,1H3/b2*13-7-. The first kappa shape index (κ1) is 31.3. The van der Waals surface area contributed by atoms with Crippen molar-refractivity contribution in [2.45, 2.75) is 29.6 Å². The van der Waals surface area contributed by atoms with Crippen LogP contribution in [0.4, 0.5) is 5.00 Å². The lowest BCUT2D eigenvalue weighted by Crippen LogP contribution is -2.00. The summed E-state index contributed by atoms with van der Waals surface area (Å²) < 4.78 is 13.8. The topological polar surface area (TPSA) is 199 Å². The third-order valence-electron chi connectivity index (χ3n) is 5.29. The van der Waals surface area contributed by atoms with E-state index in [9.17, 15) is 20.2 Å². The summed E-state index contributed by atoms with van der Waals surface area (Å²) in [5.41, 5.74) is 0. The van der Waals surface area contributed by atoms with Crippen molar-refractivity contribution in [2.24, 2.45) is 10.2 Å². The molecule has 0 aromatic carbocycles. The summed E-state index contributed by atoms with van der Waals surface area (Å²) in [7, 11) is 0. The van der Waals surface area contributed by atoms with E-state index in [1.165, 1.54) is 40.5 Å². The van der Waals surface area contributed by atoms with Crippen molar-refractivity contribution >= 4 is 52.3 Å². The van der Waals surface area contributed by atoms with Gasteiger partial charge >= 0.3 is 5.00 Å². The van der Waals surface area contributed by atoms with Crippen molar-refractivity contribution in [1.82, 2.24) is 29.7 Å². The van der Waals surface area contributed by atoms with Gasteiger partial charge in [-0.25, -0.2) is 0 Å². The molecule has 0 aliphatic heterocycles. The van der Waals surface area contributed by atoms with Crippen LogP contribution in [-0.4, -0.2) is 71.1 Å². The Balaban J connectivity index is 0.000000197. The van der Waals surface area contributed by atoms with Crippen LogP contribution in [0, 0.1) is 20.2 Å². The second-order valence-electron chi connectivity index (χ2n) is 8.13. The van der Waals surface area contributed by atoms with E-state index in [0.717, 1.165) is 17.8 Å². The highest BCUT2D eigenvalue weighted by Crippen LogP contribution is 2.25. The van der Waals surface area contributed by atoms with E-state index < -0.39 is 4.92 Å². The molecule has 0 amide bonds. The second-order valence-corrected chi connectivity index (χ2v) is 10.8. The zero-order chi connectivity index (χ0) is 30.6. The first-order valence-electron chi connectivity index (χ1n) is 12.4. The Morgan fingerprint density at radius 2 is 1.49 bits per heavy atom. The van der Waals surface area contributed by atoms with Crippen LogP contribution in [0.1, 0.15) is 24.1 Å². The molecule has 0 aliphatic rings. The van der Waals surface area contributed by atoms with Crippen LogP contribution >= 0.6 is 34.9 Å². The molecule has 5 aromatic heterocycles. The Kier molecular flexibility index (Phi) is 11.3. The quantitative estimate of drug-likeness (QED) is 0.0502. The number of nitrogens with zero attached hydrogens (tertiary/aromatic N) is 10. The molecule has 43 heavy (non-hydrogen) atoms. The maximum Gasteiger partial charge on any atom is 0.324 e. The number of nitro groups is 2. The van der Waals surface area contributed by atoms with Crippen LogP contribution < -0.4 is 0 Å². The lowest BCUT2D eigenvalue weighted by molar-refractivity contribution is -0.480. The van der Waals surface area contributed by atoms with Crippen molar-refractivity contribution in [3.8, 4) is 23.2 Å². The van der Waals surface area contributed by atoms with Gasteiger partial charge < -0.3 is 8.83 Å². The summed E-state index contributed by atoms with van der Waals surface area (Å²) in [6.07, 6.45) is 12.0. The number of aromatic nitrogens is 6. The van der Waals surface area contributed by atoms with Gasteiger partial charge in [-0.1, -0.05) is 34.9 Å². The highest BCUT2D eigenvalue weighted by molar-refractivity contribution is 7.98. The van der Waals surface area contributed by atoms with Crippen LogP contribution in [0.5, 0.6) is 0 Å². The van der Waals surface area contributed by atoms with E-state index in [-0.39, 0.29) is 16.5 Å². The average Bonchev–Trinajstić information content (AvgIpc) is 3.83. The maximum atomic E-state index is 10.7. The molecule has 0 radical (unpaired) electrons. The first-order valence-corrected chi connectivity index (χ1v) is 15.7. The molecular weight excluding hydrogens is 621 g/mol. The summed E-state index contributed by atoms with van der Waals surface area (Å²) in [4.78, 5) is 20.8. The van der Waals surface area contributed by atoms with Crippen molar-refractivity contribution < 1.29 is 18.7 Å². The minimum atomic E-state index is -0.428. The Morgan fingerprint density at radius 3 is 1.98 bits per heavy atom. The minimum Gasteiger partial charge on any atom is -0.461 e. The van der Waals surface area contributed by atoms with E-state index in [4.69, 9.17) is 8.83 Å². The van der Waals surface area contributed by atoms with E-state index in [0.29, 0.717) is 51.2 Å². The zero-order valence-electron chi connectivity index (χ0n) is 22.7.